The molecule has 0 aromatic rings. The van der Waals surface area contributed by atoms with Crippen LogP contribution in [0, 0.1) is 0 Å². The number of rotatable bonds is 6. The quantitative estimate of drug-likeness (QED) is 0.284. The summed E-state index contributed by atoms with van der Waals surface area (Å²) in [6, 6.07) is 0. The van der Waals surface area contributed by atoms with Gasteiger partial charge >= 0.3 is 0 Å². The second kappa shape index (κ2) is 5.80. The number of allylic oxidation sites excluding steroid dienone is 1. The van der Waals surface area contributed by atoms with E-state index >= 15 is 0 Å². The van der Waals surface area contributed by atoms with E-state index in [0.29, 0.717) is 16.7 Å². The van der Waals surface area contributed by atoms with Crippen LogP contribution in [0.1, 0.15) is 6.42 Å². The normalized spacial score (nSPS) is 13.1. The van der Waals surface area contributed by atoms with Gasteiger partial charge in [-0.1, -0.05) is 6.08 Å². The van der Waals surface area contributed by atoms with Crippen molar-refractivity contribution in [2.24, 2.45) is 0 Å². The van der Waals surface area contributed by atoms with E-state index in [1.165, 1.54) is 0 Å². The first-order valence-electron chi connectivity index (χ1n) is 4.48. The summed E-state index contributed by atoms with van der Waals surface area (Å²) in [5.41, 5.74) is 0. The van der Waals surface area contributed by atoms with Crippen molar-refractivity contribution in [3.63, 3.8) is 0 Å². The molecule has 0 amide bonds. The summed E-state index contributed by atoms with van der Waals surface area (Å²) in [6.07, 6.45) is 2.76. The van der Waals surface area contributed by atoms with Crippen LogP contribution in [0.25, 0.3) is 0 Å². The lowest BCUT2D eigenvalue weighted by atomic mass is 10.3. The Morgan fingerprint density at radius 2 is 2.00 bits per heavy atom. The molecule has 0 aliphatic heterocycles. The number of aliphatic hydroxyl groups is 2. The summed E-state index contributed by atoms with van der Waals surface area (Å²) >= 11 is 0. The van der Waals surface area contributed by atoms with Crippen LogP contribution < -0.4 is 0 Å². The zero-order valence-corrected chi connectivity index (χ0v) is 9.10. The molecular weight excluding hydrogens is 182 g/mol. The SMILES string of the molecule is C=CCC(=C[N+](C)(C)C)OCC(O)O. The smallest absolute Gasteiger partial charge is 0.186 e. The van der Waals surface area contributed by atoms with Gasteiger partial charge in [-0.15, -0.1) is 6.58 Å². The minimum atomic E-state index is -1.43. The predicted molar refractivity (Wildman–Crippen MR) is 55.1 cm³/mol. The standard InChI is InChI=1S/C10H20NO3/c1-5-6-9(7-11(2,3)4)14-8-10(12)13/h5,7,10,12-13H,1,6,8H2,2-4H3/q+1. The van der Waals surface area contributed by atoms with Crippen molar-refractivity contribution in [3.05, 3.63) is 24.6 Å². The van der Waals surface area contributed by atoms with Crippen LogP contribution in [0.4, 0.5) is 0 Å². The van der Waals surface area contributed by atoms with Gasteiger partial charge in [-0.2, -0.15) is 0 Å². The van der Waals surface area contributed by atoms with Gasteiger partial charge in [-0.05, 0) is 0 Å². The molecular formula is C10H20NO3+. The Labute approximate surface area is 85.3 Å². The molecule has 0 spiro atoms. The van der Waals surface area contributed by atoms with Gasteiger partial charge in [0.1, 0.15) is 12.8 Å². The molecule has 0 aromatic heterocycles. The van der Waals surface area contributed by atoms with Crippen molar-refractivity contribution in [2.45, 2.75) is 12.7 Å². The zero-order chi connectivity index (χ0) is 11.2. The summed E-state index contributed by atoms with van der Waals surface area (Å²) in [7, 11) is 5.96. The van der Waals surface area contributed by atoms with Gasteiger partial charge < -0.3 is 19.4 Å². The van der Waals surface area contributed by atoms with Crippen LogP contribution in [0.5, 0.6) is 0 Å². The predicted octanol–water partition coefficient (Wildman–Crippen LogP) is 0.437. The molecule has 0 atom stereocenters. The van der Waals surface area contributed by atoms with Gasteiger partial charge in [0.15, 0.2) is 12.0 Å². The van der Waals surface area contributed by atoms with E-state index in [9.17, 15) is 0 Å². The second-order valence-electron chi connectivity index (χ2n) is 4.00. The Balaban J connectivity index is 4.28. The fraction of sp³-hybridized carbons (Fsp3) is 0.600. The Morgan fingerprint density at radius 3 is 2.36 bits per heavy atom. The highest BCUT2D eigenvalue weighted by Crippen LogP contribution is 2.08. The molecule has 0 bridgehead atoms. The van der Waals surface area contributed by atoms with Gasteiger partial charge in [-0.25, -0.2) is 0 Å². The van der Waals surface area contributed by atoms with Crippen molar-refractivity contribution >= 4 is 0 Å². The first-order valence-corrected chi connectivity index (χ1v) is 4.48. The fourth-order valence-electron chi connectivity index (χ4n) is 0.905. The molecule has 0 saturated carbocycles. The molecule has 0 aromatic carbocycles. The van der Waals surface area contributed by atoms with E-state index in [-0.39, 0.29) is 6.61 Å². The Bertz CT molecular complexity index is 204. The zero-order valence-electron chi connectivity index (χ0n) is 9.10. The van der Waals surface area contributed by atoms with Crippen molar-refractivity contribution in [2.75, 3.05) is 27.7 Å². The summed E-state index contributed by atoms with van der Waals surface area (Å²) in [5, 5.41) is 17.3. The molecule has 82 valence electrons. The van der Waals surface area contributed by atoms with Gasteiger partial charge in [0.2, 0.25) is 0 Å². The third-order valence-corrected chi connectivity index (χ3v) is 1.29. The minimum Gasteiger partial charge on any atom is -0.487 e. The molecule has 0 saturated heterocycles. The molecule has 0 fully saturated rings. The summed E-state index contributed by atoms with van der Waals surface area (Å²) < 4.78 is 5.81. The van der Waals surface area contributed by atoms with Gasteiger partial charge in [0.05, 0.1) is 21.1 Å². The highest BCUT2D eigenvalue weighted by atomic mass is 16.5. The number of aliphatic hydroxyl groups excluding tert-OH is 1. The van der Waals surface area contributed by atoms with Crippen LogP contribution in [0.15, 0.2) is 24.6 Å². The van der Waals surface area contributed by atoms with Crippen molar-refractivity contribution in [3.8, 4) is 0 Å². The number of hydrogen-bond donors (Lipinski definition) is 2. The Kier molecular flexibility index (Phi) is 5.45. The van der Waals surface area contributed by atoms with Crippen LogP contribution >= 0.6 is 0 Å². The first kappa shape index (κ1) is 13.2. The van der Waals surface area contributed by atoms with E-state index in [1.807, 2.05) is 27.3 Å². The number of quaternary nitrogens is 1. The average molecular weight is 202 g/mol. The molecule has 0 heterocycles. The third kappa shape index (κ3) is 7.79. The molecule has 2 N–H and O–H groups in total. The van der Waals surface area contributed by atoms with Gasteiger partial charge in [0.25, 0.3) is 0 Å². The van der Waals surface area contributed by atoms with Crippen LogP contribution in [0.2, 0.25) is 0 Å². The Morgan fingerprint density at radius 1 is 1.43 bits per heavy atom. The molecule has 4 nitrogen and oxygen atoms in total. The van der Waals surface area contributed by atoms with E-state index < -0.39 is 6.29 Å². The topological polar surface area (TPSA) is 49.7 Å². The molecule has 0 aliphatic carbocycles. The van der Waals surface area contributed by atoms with Crippen molar-refractivity contribution in [1.29, 1.82) is 0 Å². The molecule has 14 heavy (non-hydrogen) atoms. The molecule has 0 unspecified atom stereocenters. The summed E-state index contributed by atoms with van der Waals surface area (Å²) in [5.74, 6) is 0.695. The lowest BCUT2D eigenvalue weighted by Crippen LogP contribution is -2.28. The maximum Gasteiger partial charge on any atom is 0.186 e. The maximum absolute atomic E-state index is 8.64. The molecule has 4 heteroatoms. The lowest BCUT2D eigenvalue weighted by Gasteiger charge is -2.20. The third-order valence-electron chi connectivity index (χ3n) is 1.29. The van der Waals surface area contributed by atoms with Crippen LogP contribution in [-0.2, 0) is 4.74 Å². The second-order valence-corrected chi connectivity index (χ2v) is 4.00. The van der Waals surface area contributed by atoms with Gasteiger partial charge in [0, 0.05) is 6.42 Å². The van der Waals surface area contributed by atoms with E-state index in [1.54, 1.807) is 6.08 Å². The van der Waals surface area contributed by atoms with Crippen LogP contribution in [-0.4, -0.2) is 48.7 Å². The Hall–Kier alpha value is -0.840. The largest absolute Gasteiger partial charge is 0.487 e. The van der Waals surface area contributed by atoms with Crippen LogP contribution in [0.3, 0.4) is 0 Å². The molecule has 0 rings (SSSR count). The minimum absolute atomic E-state index is 0.111. The highest BCUT2D eigenvalue weighted by molar-refractivity contribution is 4.94. The summed E-state index contributed by atoms with van der Waals surface area (Å²) in [4.78, 5) is 0. The first-order chi connectivity index (χ1) is 6.35. The number of hydrogen-bond acceptors (Lipinski definition) is 3. The monoisotopic (exact) mass is 202 g/mol. The van der Waals surface area contributed by atoms with E-state index in [2.05, 4.69) is 6.58 Å². The molecule has 0 radical (unpaired) electrons. The van der Waals surface area contributed by atoms with E-state index in [0.717, 1.165) is 0 Å². The van der Waals surface area contributed by atoms with E-state index in [4.69, 9.17) is 14.9 Å². The number of nitrogens with zero attached hydrogens (tertiary/aromatic N) is 1. The van der Waals surface area contributed by atoms with Crippen molar-refractivity contribution in [1.82, 2.24) is 0 Å². The summed E-state index contributed by atoms with van der Waals surface area (Å²) in [6.45, 7) is 3.49. The maximum atomic E-state index is 8.64. The van der Waals surface area contributed by atoms with Gasteiger partial charge in [-0.3, -0.25) is 0 Å². The number of ether oxygens (including phenoxy) is 1. The lowest BCUT2D eigenvalue weighted by molar-refractivity contribution is -0.818. The highest BCUT2D eigenvalue weighted by Gasteiger charge is 2.08. The fourth-order valence-corrected chi connectivity index (χ4v) is 0.905. The molecule has 0 aliphatic rings. The van der Waals surface area contributed by atoms with Crippen molar-refractivity contribution < 1.29 is 19.4 Å². The average Bonchev–Trinajstić information content (AvgIpc) is 1.98.